The van der Waals surface area contributed by atoms with Gasteiger partial charge in [-0.25, -0.2) is 19.2 Å². The van der Waals surface area contributed by atoms with Crippen molar-refractivity contribution in [3.8, 4) is 11.3 Å². The molecule has 0 aliphatic heterocycles. The lowest BCUT2D eigenvalue weighted by Gasteiger charge is -2.08. The molecule has 0 spiro atoms. The molecule has 0 unspecified atom stereocenters. The van der Waals surface area contributed by atoms with Gasteiger partial charge in [0.15, 0.2) is 5.13 Å². The van der Waals surface area contributed by atoms with Gasteiger partial charge in [-0.1, -0.05) is 0 Å². The number of aromatic amines is 1. The molecule has 170 valence electrons. The van der Waals surface area contributed by atoms with Crippen LogP contribution in [0.4, 0.5) is 22.7 Å². The lowest BCUT2D eigenvalue weighted by atomic mass is 10.1. The molecule has 0 radical (unpaired) electrons. The molecular weight excluding hydrogens is 466 g/mol. The van der Waals surface area contributed by atoms with Crippen LogP contribution in [0.5, 0.6) is 0 Å². The zero-order valence-corrected chi connectivity index (χ0v) is 17.5. The lowest BCUT2D eigenvalue weighted by Crippen LogP contribution is -2.33. The molecule has 3 heterocycles. The molecule has 4 aromatic rings. The molecule has 33 heavy (non-hydrogen) atoms. The molecule has 0 saturated carbocycles. The Morgan fingerprint density at radius 1 is 1.24 bits per heavy atom. The summed E-state index contributed by atoms with van der Waals surface area (Å²) in [4.78, 5) is 47.2. The van der Waals surface area contributed by atoms with Gasteiger partial charge in [-0.15, -0.1) is 11.3 Å². The van der Waals surface area contributed by atoms with Gasteiger partial charge in [0.2, 0.25) is 5.91 Å². The molecule has 1 aromatic carbocycles. The third-order valence-electron chi connectivity index (χ3n) is 4.71. The zero-order chi connectivity index (χ0) is 23.9. The molecule has 1 amide bonds. The minimum atomic E-state index is -4.72. The summed E-state index contributed by atoms with van der Waals surface area (Å²) in [5, 5.41) is 4.04. The molecule has 0 aliphatic carbocycles. The summed E-state index contributed by atoms with van der Waals surface area (Å²) >= 11 is 0.941. The van der Waals surface area contributed by atoms with Crippen molar-refractivity contribution in [1.29, 1.82) is 0 Å². The van der Waals surface area contributed by atoms with Crippen molar-refractivity contribution in [3.05, 3.63) is 73.6 Å². The van der Waals surface area contributed by atoms with Gasteiger partial charge >= 0.3 is 11.9 Å². The summed E-state index contributed by atoms with van der Waals surface area (Å²) in [7, 11) is 1.28. The Bertz CT molecular complexity index is 1510. The number of rotatable bonds is 4. The van der Waals surface area contributed by atoms with Crippen molar-refractivity contribution in [3.63, 3.8) is 0 Å². The van der Waals surface area contributed by atoms with Crippen LogP contribution in [-0.2, 0) is 24.4 Å². The minimum absolute atomic E-state index is 0.0384. The fourth-order valence-electron chi connectivity index (χ4n) is 3.13. The summed E-state index contributed by atoms with van der Waals surface area (Å²) < 4.78 is 53.4. The predicted octanol–water partition coefficient (Wildman–Crippen LogP) is 3.08. The highest BCUT2D eigenvalue weighted by Gasteiger charge is 2.31. The standard InChI is InChI=1S/C20H13F4N5O3S/c1-29-17(31)15-9(2-3-25-16(15)28-19(29)32)6-14(30)27-18-26-13(8-33-18)10-4-11(20(22,23)24)7-12(21)5-10/h2-5,7-8H,6H2,1H3,(H,25,28,32)(H,26,27,30). The number of amides is 1. The Kier molecular flexibility index (Phi) is 5.57. The molecule has 4 rings (SSSR count). The monoisotopic (exact) mass is 479 g/mol. The Morgan fingerprint density at radius 2 is 2.00 bits per heavy atom. The van der Waals surface area contributed by atoms with Gasteiger partial charge in [0.1, 0.15) is 11.5 Å². The van der Waals surface area contributed by atoms with Gasteiger partial charge in [-0.05, 0) is 29.8 Å². The van der Waals surface area contributed by atoms with E-state index in [2.05, 4.69) is 20.3 Å². The van der Waals surface area contributed by atoms with Gasteiger partial charge in [0, 0.05) is 24.2 Å². The third-order valence-corrected chi connectivity index (χ3v) is 5.47. The normalized spacial score (nSPS) is 11.7. The van der Waals surface area contributed by atoms with E-state index in [1.54, 1.807) is 0 Å². The van der Waals surface area contributed by atoms with Crippen LogP contribution in [0, 0.1) is 5.82 Å². The molecule has 3 aromatic heterocycles. The van der Waals surface area contributed by atoms with Crippen LogP contribution in [-0.4, -0.2) is 25.4 Å². The number of hydrogen-bond donors (Lipinski definition) is 2. The smallest absolute Gasteiger partial charge is 0.302 e. The van der Waals surface area contributed by atoms with E-state index in [0.29, 0.717) is 11.6 Å². The first-order valence-electron chi connectivity index (χ1n) is 9.23. The Balaban J connectivity index is 1.58. The first-order chi connectivity index (χ1) is 15.5. The van der Waals surface area contributed by atoms with Crippen molar-refractivity contribution in [2.24, 2.45) is 7.05 Å². The van der Waals surface area contributed by atoms with Crippen molar-refractivity contribution in [2.45, 2.75) is 12.6 Å². The number of carbonyl (C=O) groups excluding carboxylic acids is 1. The Labute approximate surface area is 185 Å². The average Bonchev–Trinajstić information content (AvgIpc) is 3.19. The fraction of sp³-hybridized carbons (Fsp3) is 0.150. The number of H-pyrrole nitrogens is 1. The molecule has 0 fully saturated rings. The van der Waals surface area contributed by atoms with Gasteiger partial charge < -0.3 is 5.32 Å². The third kappa shape index (κ3) is 4.53. The maximum atomic E-state index is 13.7. The first kappa shape index (κ1) is 22.3. The highest BCUT2D eigenvalue weighted by Crippen LogP contribution is 2.34. The minimum Gasteiger partial charge on any atom is -0.302 e. The first-order valence-corrected chi connectivity index (χ1v) is 10.1. The molecule has 0 saturated heterocycles. The van der Waals surface area contributed by atoms with Crippen molar-refractivity contribution in [1.82, 2.24) is 19.5 Å². The second-order valence-electron chi connectivity index (χ2n) is 6.98. The van der Waals surface area contributed by atoms with Gasteiger partial charge in [-0.3, -0.25) is 19.1 Å². The molecule has 13 heteroatoms. The summed E-state index contributed by atoms with van der Waals surface area (Å²) in [6.45, 7) is 0. The van der Waals surface area contributed by atoms with Crippen molar-refractivity contribution in [2.75, 3.05) is 5.32 Å². The number of anilines is 1. The molecule has 8 nitrogen and oxygen atoms in total. The zero-order valence-electron chi connectivity index (χ0n) is 16.7. The fourth-order valence-corrected chi connectivity index (χ4v) is 3.86. The quantitative estimate of drug-likeness (QED) is 0.437. The number of halogens is 4. The van der Waals surface area contributed by atoms with Crippen LogP contribution < -0.4 is 16.6 Å². The van der Waals surface area contributed by atoms with Gasteiger partial charge in [0.25, 0.3) is 5.56 Å². The highest BCUT2D eigenvalue weighted by atomic mass is 32.1. The number of hydrogen-bond acceptors (Lipinski definition) is 6. The van der Waals surface area contributed by atoms with E-state index >= 15 is 0 Å². The number of alkyl halides is 3. The van der Waals surface area contributed by atoms with Crippen LogP contribution in [0.25, 0.3) is 22.3 Å². The van der Waals surface area contributed by atoms with Crippen LogP contribution in [0.2, 0.25) is 0 Å². The largest absolute Gasteiger partial charge is 0.416 e. The maximum absolute atomic E-state index is 13.7. The number of fused-ring (bicyclic) bond motifs is 1. The average molecular weight is 479 g/mol. The molecular formula is C20H13F4N5O3S. The van der Waals surface area contributed by atoms with Gasteiger partial charge in [0.05, 0.1) is 23.1 Å². The summed E-state index contributed by atoms with van der Waals surface area (Å²) in [5.74, 6) is -1.63. The van der Waals surface area contributed by atoms with E-state index < -0.39 is 34.7 Å². The maximum Gasteiger partial charge on any atom is 0.416 e. The predicted molar refractivity (Wildman–Crippen MR) is 112 cm³/mol. The second-order valence-corrected chi connectivity index (χ2v) is 7.84. The number of pyridine rings is 1. The van der Waals surface area contributed by atoms with Crippen molar-refractivity contribution >= 4 is 33.4 Å². The Hall–Kier alpha value is -3.87. The van der Waals surface area contributed by atoms with E-state index in [1.165, 1.54) is 24.7 Å². The SMILES string of the molecule is Cn1c(=O)[nH]c2nccc(CC(=O)Nc3nc(-c4cc(F)cc(C(F)(F)F)c4)cs3)c2c1=O. The highest BCUT2D eigenvalue weighted by molar-refractivity contribution is 7.14. The van der Waals surface area contributed by atoms with Crippen LogP contribution in [0.1, 0.15) is 11.1 Å². The van der Waals surface area contributed by atoms with E-state index in [-0.39, 0.29) is 33.8 Å². The summed E-state index contributed by atoms with van der Waals surface area (Å²) in [6.07, 6.45) is -3.64. The number of thiazole rings is 1. The number of nitrogens with one attached hydrogen (secondary N) is 2. The number of aromatic nitrogens is 4. The molecule has 2 N–H and O–H groups in total. The van der Waals surface area contributed by atoms with Crippen LogP contribution >= 0.6 is 11.3 Å². The van der Waals surface area contributed by atoms with E-state index in [0.717, 1.165) is 28.0 Å². The second kappa shape index (κ2) is 8.24. The van der Waals surface area contributed by atoms with Crippen LogP contribution in [0.15, 0.2) is 45.4 Å². The summed E-state index contributed by atoms with van der Waals surface area (Å²) in [5.41, 5.74) is -2.11. The molecule has 0 bridgehead atoms. The number of benzene rings is 1. The van der Waals surface area contributed by atoms with Gasteiger partial charge in [-0.2, -0.15) is 13.2 Å². The number of nitrogens with zero attached hydrogens (tertiary/aromatic N) is 3. The van der Waals surface area contributed by atoms with E-state index in [4.69, 9.17) is 0 Å². The van der Waals surface area contributed by atoms with Crippen molar-refractivity contribution < 1.29 is 22.4 Å². The Morgan fingerprint density at radius 3 is 2.73 bits per heavy atom. The topological polar surface area (TPSA) is 110 Å². The van der Waals surface area contributed by atoms with E-state index in [1.807, 2.05) is 0 Å². The lowest BCUT2D eigenvalue weighted by molar-refractivity contribution is -0.137. The molecule has 0 aliphatic rings. The van der Waals surface area contributed by atoms with E-state index in [9.17, 15) is 31.9 Å². The molecule has 0 atom stereocenters. The summed E-state index contributed by atoms with van der Waals surface area (Å²) in [6, 6.07) is 3.52. The number of carbonyl (C=O) groups is 1. The van der Waals surface area contributed by atoms with Crippen LogP contribution in [0.3, 0.4) is 0 Å².